The van der Waals surface area contributed by atoms with E-state index in [9.17, 15) is 4.79 Å². The molecule has 1 aliphatic heterocycles. The third-order valence-electron chi connectivity index (χ3n) is 3.80. The molecule has 2 aromatic rings. The second-order valence-corrected chi connectivity index (χ2v) is 5.06. The molecule has 0 aliphatic carbocycles. The zero-order chi connectivity index (χ0) is 12.5. The third kappa shape index (κ3) is 1.93. The first kappa shape index (κ1) is 11.4. The van der Waals surface area contributed by atoms with E-state index in [0.29, 0.717) is 11.5 Å². The summed E-state index contributed by atoms with van der Waals surface area (Å²) >= 11 is 0. The van der Waals surface area contributed by atoms with Gasteiger partial charge in [-0.25, -0.2) is 4.98 Å². The number of aromatic nitrogens is 2. The first-order chi connectivity index (χ1) is 8.78. The summed E-state index contributed by atoms with van der Waals surface area (Å²) in [6.45, 7) is 2.25. The number of pyridine rings is 1. The van der Waals surface area contributed by atoms with E-state index in [1.165, 1.54) is 0 Å². The van der Waals surface area contributed by atoms with Gasteiger partial charge in [-0.05, 0) is 45.1 Å². The number of likely N-dealkylation sites (tertiary alicyclic amines) is 1. The summed E-state index contributed by atoms with van der Waals surface area (Å²) in [5, 5.41) is 0. The minimum absolute atomic E-state index is 0.528. The van der Waals surface area contributed by atoms with Crippen molar-refractivity contribution < 1.29 is 4.79 Å². The Balaban J connectivity index is 1.96. The Labute approximate surface area is 106 Å². The minimum Gasteiger partial charge on any atom is -0.306 e. The number of nitrogens with zero attached hydrogens (tertiary/aromatic N) is 3. The van der Waals surface area contributed by atoms with Crippen LogP contribution in [0, 0.1) is 0 Å². The van der Waals surface area contributed by atoms with Crippen LogP contribution in [0.4, 0.5) is 0 Å². The highest BCUT2D eigenvalue weighted by atomic mass is 16.1. The highest BCUT2D eigenvalue weighted by molar-refractivity contribution is 5.84. The summed E-state index contributed by atoms with van der Waals surface area (Å²) in [5.41, 5.74) is 2.57. The summed E-state index contributed by atoms with van der Waals surface area (Å²) in [6.07, 6.45) is 7.19. The summed E-state index contributed by atoms with van der Waals surface area (Å²) in [5.74, 6) is 0.528. The average Bonchev–Trinajstić information content (AvgIpc) is 2.83. The van der Waals surface area contributed by atoms with Crippen molar-refractivity contribution in [2.45, 2.75) is 18.8 Å². The van der Waals surface area contributed by atoms with Gasteiger partial charge in [-0.2, -0.15) is 0 Å². The van der Waals surface area contributed by atoms with Crippen LogP contribution in [0.2, 0.25) is 0 Å². The lowest BCUT2D eigenvalue weighted by atomic mass is 9.94. The van der Waals surface area contributed by atoms with E-state index < -0.39 is 0 Å². The van der Waals surface area contributed by atoms with Crippen molar-refractivity contribution in [1.82, 2.24) is 14.3 Å². The molecule has 0 spiro atoms. The number of hydrogen-bond donors (Lipinski definition) is 0. The Morgan fingerprint density at radius 2 is 2.17 bits per heavy atom. The van der Waals surface area contributed by atoms with Crippen LogP contribution in [0.5, 0.6) is 0 Å². The van der Waals surface area contributed by atoms with Gasteiger partial charge in [0.25, 0.3) is 0 Å². The highest BCUT2D eigenvalue weighted by Crippen LogP contribution is 2.27. The molecule has 4 nitrogen and oxygen atoms in total. The van der Waals surface area contributed by atoms with Crippen molar-refractivity contribution in [3.05, 3.63) is 35.8 Å². The van der Waals surface area contributed by atoms with E-state index in [4.69, 9.17) is 0 Å². The van der Waals surface area contributed by atoms with Gasteiger partial charge in [-0.15, -0.1) is 0 Å². The Kier molecular flexibility index (Phi) is 2.88. The fourth-order valence-corrected chi connectivity index (χ4v) is 2.65. The molecule has 0 bridgehead atoms. The van der Waals surface area contributed by atoms with E-state index in [2.05, 4.69) is 23.1 Å². The monoisotopic (exact) mass is 243 g/mol. The molecule has 1 fully saturated rings. The van der Waals surface area contributed by atoms with Crippen LogP contribution in [-0.4, -0.2) is 40.7 Å². The van der Waals surface area contributed by atoms with Gasteiger partial charge in [-0.1, -0.05) is 0 Å². The second-order valence-electron chi connectivity index (χ2n) is 5.06. The zero-order valence-electron chi connectivity index (χ0n) is 10.5. The van der Waals surface area contributed by atoms with Gasteiger partial charge in [0, 0.05) is 18.3 Å². The predicted octanol–water partition coefficient (Wildman–Crippen LogP) is 1.96. The lowest BCUT2D eigenvalue weighted by molar-refractivity contribution is 0.112. The molecule has 0 aromatic carbocycles. The molecule has 3 heterocycles. The molecule has 3 rings (SSSR count). The second kappa shape index (κ2) is 4.53. The molecule has 94 valence electrons. The van der Waals surface area contributed by atoms with Gasteiger partial charge in [0.1, 0.15) is 5.65 Å². The van der Waals surface area contributed by atoms with Crippen molar-refractivity contribution >= 4 is 11.9 Å². The average molecular weight is 243 g/mol. The molecule has 1 aliphatic rings. The van der Waals surface area contributed by atoms with E-state index >= 15 is 0 Å². The topological polar surface area (TPSA) is 37.6 Å². The Morgan fingerprint density at radius 3 is 2.89 bits per heavy atom. The predicted molar refractivity (Wildman–Crippen MR) is 70.1 cm³/mol. The number of carbonyl (C=O) groups excluding carboxylic acids is 1. The Bertz CT molecular complexity index is 567. The first-order valence-corrected chi connectivity index (χ1v) is 6.39. The minimum atomic E-state index is 0.528. The quantitative estimate of drug-likeness (QED) is 0.757. The first-order valence-electron chi connectivity index (χ1n) is 6.39. The molecule has 0 unspecified atom stereocenters. The summed E-state index contributed by atoms with van der Waals surface area (Å²) in [4.78, 5) is 18.0. The van der Waals surface area contributed by atoms with Crippen LogP contribution in [0.25, 0.3) is 5.65 Å². The lowest BCUT2D eigenvalue weighted by Crippen LogP contribution is -2.29. The molecule has 1 saturated heterocycles. The fraction of sp³-hybridized carbons (Fsp3) is 0.429. The van der Waals surface area contributed by atoms with Gasteiger partial charge < -0.3 is 9.30 Å². The van der Waals surface area contributed by atoms with Gasteiger partial charge in [0.05, 0.1) is 11.3 Å². The van der Waals surface area contributed by atoms with Crippen LogP contribution < -0.4 is 0 Å². The van der Waals surface area contributed by atoms with Crippen molar-refractivity contribution in [3.8, 4) is 0 Å². The fourth-order valence-electron chi connectivity index (χ4n) is 2.65. The molecule has 18 heavy (non-hydrogen) atoms. The normalized spacial score (nSPS) is 18.3. The molecule has 0 radical (unpaired) electrons. The molecule has 0 N–H and O–H groups in total. The van der Waals surface area contributed by atoms with Gasteiger partial charge >= 0.3 is 0 Å². The van der Waals surface area contributed by atoms with Crippen molar-refractivity contribution in [2.24, 2.45) is 0 Å². The number of rotatable bonds is 2. The molecular formula is C14H17N3O. The smallest absolute Gasteiger partial charge is 0.153 e. The van der Waals surface area contributed by atoms with Crippen molar-refractivity contribution in [1.29, 1.82) is 0 Å². The lowest BCUT2D eigenvalue weighted by Gasteiger charge is -2.27. The van der Waals surface area contributed by atoms with Crippen molar-refractivity contribution in [2.75, 3.05) is 20.1 Å². The van der Waals surface area contributed by atoms with Gasteiger partial charge in [0.2, 0.25) is 0 Å². The largest absolute Gasteiger partial charge is 0.306 e. The van der Waals surface area contributed by atoms with Crippen LogP contribution in [0.1, 0.15) is 34.8 Å². The van der Waals surface area contributed by atoms with Crippen LogP contribution in [0.15, 0.2) is 24.5 Å². The summed E-state index contributed by atoms with van der Waals surface area (Å²) in [6, 6.07) is 3.70. The molecule has 0 amide bonds. The number of imidazole rings is 1. The van der Waals surface area contributed by atoms with Crippen LogP contribution in [0.3, 0.4) is 0 Å². The number of fused-ring (bicyclic) bond motifs is 1. The molecule has 4 heteroatoms. The summed E-state index contributed by atoms with van der Waals surface area (Å²) < 4.78 is 1.96. The van der Waals surface area contributed by atoms with E-state index in [-0.39, 0.29) is 0 Å². The standard InChI is InChI=1S/C14H17N3O/c1-16-7-4-11(5-8-16)13-9-17-6-2-3-12(10-18)14(17)15-13/h2-3,6,9-11H,4-5,7-8H2,1H3. The maximum Gasteiger partial charge on any atom is 0.153 e. The van der Waals surface area contributed by atoms with Crippen LogP contribution in [-0.2, 0) is 0 Å². The number of hydrogen-bond acceptors (Lipinski definition) is 3. The summed E-state index contributed by atoms with van der Waals surface area (Å²) in [7, 11) is 2.16. The SMILES string of the molecule is CN1CCC(c2cn3cccc(C=O)c3n2)CC1. The van der Waals surface area contributed by atoms with Gasteiger partial charge in [0.15, 0.2) is 6.29 Å². The molecule has 0 saturated carbocycles. The molecular weight excluding hydrogens is 226 g/mol. The Morgan fingerprint density at radius 1 is 1.39 bits per heavy atom. The number of aldehydes is 1. The Hall–Kier alpha value is -1.68. The molecule has 2 aromatic heterocycles. The van der Waals surface area contributed by atoms with E-state index in [1.54, 1.807) is 0 Å². The van der Waals surface area contributed by atoms with Crippen LogP contribution >= 0.6 is 0 Å². The van der Waals surface area contributed by atoms with Crippen molar-refractivity contribution in [3.63, 3.8) is 0 Å². The van der Waals surface area contributed by atoms with E-state index in [1.807, 2.05) is 22.7 Å². The zero-order valence-corrected chi connectivity index (χ0v) is 10.5. The highest BCUT2D eigenvalue weighted by Gasteiger charge is 2.21. The number of piperidine rings is 1. The number of carbonyl (C=O) groups is 1. The maximum atomic E-state index is 11.0. The van der Waals surface area contributed by atoms with Gasteiger partial charge in [-0.3, -0.25) is 4.79 Å². The molecule has 0 atom stereocenters. The third-order valence-corrected chi connectivity index (χ3v) is 3.80. The maximum absolute atomic E-state index is 11.0. The van der Waals surface area contributed by atoms with E-state index in [0.717, 1.165) is 43.6 Å².